The quantitative estimate of drug-likeness (QED) is 0.823. The molecule has 0 spiro atoms. The van der Waals surface area contributed by atoms with Gasteiger partial charge in [-0.05, 0) is 19.8 Å². The summed E-state index contributed by atoms with van der Waals surface area (Å²) in [7, 11) is 0. The summed E-state index contributed by atoms with van der Waals surface area (Å²) in [6, 6.07) is 0.611. The number of rotatable bonds is 3. The highest BCUT2D eigenvalue weighted by Crippen LogP contribution is 2.37. The van der Waals surface area contributed by atoms with E-state index in [1.807, 2.05) is 13.3 Å². The number of hydrogen-bond donors (Lipinski definition) is 1. The molecule has 1 N–H and O–H groups in total. The van der Waals surface area contributed by atoms with Crippen molar-refractivity contribution in [3.8, 4) is 0 Å². The van der Waals surface area contributed by atoms with Crippen molar-refractivity contribution in [2.45, 2.75) is 25.8 Å². The average molecular weight is 203 g/mol. The zero-order valence-electron chi connectivity index (χ0n) is 8.64. The lowest BCUT2D eigenvalue weighted by Crippen LogP contribution is -2.01. The third-order valence-corrected chi connectivity index (χ3v) is 2.64. The Hall–Kier alpha value is -1.65. The average Bonchev–Trinajstić information content (AvgIpc) is 3.00. The summed E-state index contributed by atoms with van der Waals surface area (Å²) in [4.78, 5) is 12.9. The molecule has 2 aromatic heterocycles. The van der Waals surface area contributed by atoms with Gasteiger partial charge in [-0.3, -0.25) is 0 Å². The summed E-state index contributed by atoms with van der Waals surface area (Å²) in [6.45, 7) is 2.90. The van der Waals surface area contributed by atoms with Gasteiger partial charge in [0.15, 0.2) is 11.5 Å². The molecule has 1 fully saturated rings. The molecule has 0 unspecified atom stereocenters. The fraction of sp³-hybridized carbons (Fsp3) is 0.500. The van der Waals surface area contributed by atoms with Crippen molar-refractivity contribution in [3.63, 3.8) is 0 Å². The zero-order valence-corrected chi connectivity index (χ0v) is 8.64. The second kappa shape index (κ2) is 3.18. The Morgan fingerprint density at radius 1 is 1.40 bits per heavy atom. The van der Waals surface area contributed by atoms with Gasteiger partial charge in [-0.1, -0.05) is 0 Å². The van der Waals surface area contributed by atoms with E-state index in [0.29, 0.717) is 6.04 Å². The van der Waals surface area contributed by atoms with Gasteiger partial charge < -0.3 is 9.88 Å². The van der Waals surface area contributed by atoms with Gasteiger partial charge in [0.25, 0.3) is 0 Å². The largest absolute Gasteiger partial charge is 0.368 e. The first kappa shape index (κ1) is 8.64. The standard InChI is InChI=1S/C10H13N5/c1-2-11-9-8-10(13-5-12-9)15(6-14-8)7-3-4-7/h5-7H,2-4H2,1H3,(H,11,12,13). The van der Waals surface area contributed by atoms with Crippen LogP contribution in [0.3, 0.4) is 0 Å². The highest BCUT2D eigenvalue weighted by molar-refractivity contribution is 5.82. The highest BCUT2D eigenvalue weighted by Gasteiger charge is 2.26. The number of nitrogens with one attached hydrogen (secondary N) is 1. The zero-order chi connectivity index (χ0) is 10.3. The Balaban J connectivity index is 2.14. The van der Waals surface area contributed by atoms with E-state index in [4.69, 9.17) is 0 Å². The van der Waals surface area contributed by atoms with Gasteiger partial charge >= 0.3 is 0 Å². The lowest BCUT2D eigenvalue weighted by molar-refractivity contribution is 0.756. The molecule has 5 heteroatoms. The predicted molar refractivity (Wildman–Crippen MR) is 57.8 cm³/mol. The Morgan fingerprint density at radius 3 is 3.00 bits per heavy atom. The maximum absolute atomic E-state index is 4.37. The monoisotopic (exact) mass is 203 g/mol. The second-order valence-electron chi connectivity index (χ2n) is 3.81. The molecule has 0 aromatic carbocycles. The maximum atomic E-state index is 4.37. The van der Waals surface area contributed by atoms with Gasteiger partial charge in [0.1, 0.15) is 11.8 Å². The summed E-state index contributed by atoms with van der Waals surface area (Å²) in [6.07, 6.45) is 5.96. The molecule has 0 saturated heterocycles. The van der Waals surface area contributed by atoms with E-state index >= 15 is 0 Å². The molecule has 2 heterocycles. The van der Waals surface area contributed by atoms with Crippen molar-refractivity contribution < 1.29 is 0 Å². The molecule has 2 aromatic rings. The van der Waals surface area contributed by atoms with Crippen molar-refractivity contribution in [1.29, 1.82) is 0 Å². The number of nitrogens with zero attached hydrogens (tertiary/aromatic N) is 4. The van der Waals surface area contributed by atoms with E-state index in [2.05, 4.69) is 24.8 Å². The van der Waals surface area contributed by atoms with Crippen LogP contribution in [-0.4, -0.2) is 26.1 Å². The van der Waals surface area contributed by atoms with E-state index in [1.165, 1.54) is 12.8 Å². The Labute approximate surface area is 87.6 Å². The van der Waals surface area contributed by atoms with Crippen molar-refractivity contribution in [3.05, 3.63) is 12.7 Å². The molecule has 1 saturated carbocycles. The van der Waals surface area contributed by atoms with E-state index in [-0.39, 0.29) is 0 Å². The highest BCUT2D eigenvalue weighted by atomic mass is 15.2. The van der Waals surface area contributed by atoms with E-state index in [0.717, 1.165) is 23.5 Å². The fourth-order valence-electron chi connectivity index (χ4n) is 1.77. The second-order valence-corrected chi connectivity index (χ2v) is 3.81. The van der Waals surface area contributed by atoms with Crippen LogP contribution < -0.4 is 5.32 Å². The molecule has 0 atom stereocenters. The summed E-state index contributed by atoms with van der Waals surface area (Å²) in [5, 5.41) is 3.20. The first-order chi connectivity index (χ1) is 7.40. The van der Waals surface area contributed by atoms with Gasteiger partial charge in [0.2, 0.25) is 0 Å². The third kappa shape index (κ3) is 1.35. The SMILES string of the molecule is CCNc1ncnc2c1ncn2C1CC1. The summed E-state index contributed by atoms with van der Waals surface area (Å²) >= 11 is 0. The number of imidazole rings is 1. The molecule has 0 amide bonds. The van der Waals surface area contributed by atoms with Crippen LogP contribution in [0.5, 0.6) is 0 Å². The van der Waals surface area contributed by atoms with Crippen LogP contribution in [0, 0.1) is 0 Å². The lowest BCUT2D eigenvalue weighted by Gasteiger charge is -2.03. The van der Waals surface area contributed by atoms with Crippen molar-refractivity contribution in [2.24, 2.45) is 0 Å². The van der Waals surface area contributed by atoms with Crippen molar-refractivity contribution in [2.75, 3.05) is 11.9 Å². The van der Waals surface area contributed by atoms with Crippen LogP contribution in [0.4, 0.5) is 5.82 Å². The summed E-state index contributed by atoms with van der Waals surface area (Å²) in [5.74, 6) is 0.835. The van der Waals surface area contributed by atoms with E-state index < -0.39 is 0 Å². The summed E-state index contributed by atoms with van der Waals surface area (Å²) < 4.78 is 2.15. The minimum absolute atomic E-state index is 0.611. The minimum atomic E-state index is 0.611. The molecule has 0 aliphatic heterocycles. The topological polar surface area (TPSA) is 55.6 Å². The van der Waals surface area contributed by atoms with Gasteiger partial charge in [-0.2, -0.15) is 0 Å². The molecule has 3 rings (SSSR count). The third-order valence-electron chi connectivity index (χ3n) is 2.64. The lowest BCUT2D eigenvalue weighted by atomic mass is 10.4. The number of fused-ring (bicyclic) bond motifs is 1. The molecule has 78 valence electrons. The van der Waals surface area contributed by atoms with Crippen molar-refractivity contribution >= 4 is 17.0 Å². The first-order valence-corrected chi connectivity index (χ1v) is 5.31. The Kier molecular flexibility index (Phi) is 1.83. The maximum Gasteiger partial charge on any atom is 0.165 e. The molecule has 5 nitrogen and oxygen atoms in total. The first-order valence-electron chi connectivity index (χ1n) is 5.31. The smallest absolute Gasteiger partial charge is 0.165 e. The molecule has 1 aliphatic carbocycles. The molecule has 15 heavy (non-hydrogen) atoms. The molecule has 1 aliphatic rings. The van der Waals surface area contributed by atoms with Crippen molar-refractivity contribution in [1.82, 2.24) is 19.5 Å². The molecular formula is C10H13N5. The van der Waals surface area contributed by atoms with Crippen LogP contribution in [0.1, 0.15) is 25.8 Å². The minimum Gasteiger partial charge on any atom is -0.368 e. The Morgan fingerprint density at radius 2 is 2.27 bits per heavy atom. The predicted octanol–water partition coefficient (Wildman–Crippen LogP) is 1.59. The van der Waals surface area contributed by atoms with E-state index in [9.17, 15) is 0 Å². The molecule has 0 bridgehead atoms. The van der Waals surface area contributed by atoms with Crippen LogP contribution >= 0.6 is 0 Å². The van der Waals surface area contributed by atoms with Gasteiger partial charge in [0, 0.05) is 12.6 Å². The Bertz CT molecular complexity index is 486. The number of aromatic nitrogens is 4. The molecule has 0 radical (unpaired) electrons. The normalized spacial score (nSPS) is 15.8. The van der Waals surface area contributed by atoms with Crippen LogP contribution in [0.25, 0.3) is 11.2 Å². The van der Waals surface area contributed by atoms with Gasteiger partial charge in [0.05, 0.1) is 6.33 Å². The number of hydrogen-bond acceptors (Lipinski definition) is 4. The fourth-order valence-corrected chi connectivity index (χ4v) is 1.77. The van der Waals surface area contributed by atoms with Gasteiger partial charge in [-0.15, -0.1) is 0 Å². The van der Waals surface area contributed by atoms with Crippen LogP contribution in [0.2, 0.25) is 0 Å². The molecular weight excluding hydrogens is 190 g/mol. The van der Waals surface area contributed by atoms with Crippen LogP contribution in [0.15, 0.2) is 12.7 Å². The summed E-state index contributed by atoms with van der Waals surface area (Å²) in [5.41, 5.74) is 1.83. The van der Waals surface area contributed by atoms with Crippen LogP contribution in [-0.2, 0) is 0 Å². The van der Waals surface area contributed by atoms with Gasteiger partial charge in [-0.25, -0.2) is 15.0 Å². The number of anilines is 1. The van der Waals surface area contributed by atoms with E-state index in [1.54, 1.807) is 6.33 Å².